The van der Waals surface area contributed by atoms with Crippen molar-refractivity contribution in [3.05, 3.63) is 83.9 Å². The molecule has 0 amide bonds. The normalized spacial score (nSPS) is 9.34. The maximum atomic E-state index is 12.0. The first-order valence-corrected chi connectivity index (χ1v) is 14.6. The average Bonchev–Trinajstić information content (AvgIpc) is 2.95. The van der Waals surface area contributed by atoms with Crippen molar-refractivity contribution in [1.82, 2.24) is 0 Å². The van der Waals surface area contributed by atoms with E-state index in [4.69, 9.17) is 5.73 Å². The first-order chi connectivity index (χ1) is 18.1. The lowest BCUT2D eigenvalue weighted by Crippen LogP contribution is -1.96. The number of rotatable bonds is 9. The number of halogens is 3. The van der Waals surface area contributed by atoms with Gasteiger partial charge in [-0.05, 0) is 51.3 Å². The highest BCUT2D eigenvalue weighted by Crippen LogP contribution is 2.08. The predicted octanol–water partition coefficient (Wildman–Crippen LogP) is 12.9. The molecule has 2 N–H and O–H groups in total. The number of nitrogens with two attached hydrogens (primary N) is 1. The van der Waals surface area contributed by atoms with Gasteiger partial charge >= 0.3 is 0 Å². The maximum absolute atomic E-state index is 12.0. The third kappa shape index (κ3) is 43.8. The van der Waals surface area contributed by atoms with Crippen LogP contribution in [0.15, 0.2) is 66.4 Å². The van der Waals surface area contributed by atoms with Crippen molar-refractivity contribution in [1.29, 1.82) is 0 Å². The number of hydrogen-bond donors (Lipinski definition) is 1. The van der Waals surface area contributed by atoms with Crippen molar-refractivity contribution in [2.75, 3.05) is 0 Å². The second-order valence-corrected chi connectivity index (χ2v) is 7.49. The first kappa shape index (κ1) is 48.8. The SMILES string of the molecule is C=C(C)CCCC.C=C/C=C(C)\C(N)=C/C.CC.CC.CC.CCCCCCC.Fc1cccc(F)c1F. The predicted molar refractivity (Wildman–Crippen MR) is 171 cm³/mol. The van der Waals surface area contributed by atoms with Crippen molar-refractivity contribution >= 4 is 0 Å². The fourth-order valence-corrected chi connectivity index (χ4v) is 2.13. The second-order valence-electron chi connectivity index (χ2n) is 7.49. The topological polar surface area (TPSA) is 26.0 Å². The monoisotopic (exact) mass is 543 g/mol. The van der Waals surface area contributed by atoms with Crippen LogP contribution >= 0.6 is 0 Å². The lowest BCUT2D eigenvalue weighted by Gasteiger charge is -1.96. The van der Waals surface area contributed by atoms with E-state index in [0.29, 0.717) is 0 Å². The van der Waals surface area contributed by atoms with Crippen molar-refractivity contribution in [3.63, 3.8) is 0 Å². The van der Waals surface area contributed by atoms with Gasteiger partial charge in [-0.3, -0.25) is 0 Å². The Labute approximate surface area is 237 Å². The molecule has 0 atom stereocenters. The molecule has 0 aliphatic rings. The molecule has 0 heterocycles. The first-order valence-electron chi connectivity index (χ1n) is 14.6. The molecule has 0 aliphatic heterocycles. The summed E-state index contributed by atoms with van der Waals surface area (Å²) in [5, 5.41) is 0. The van der Waals surface area contributed by atoms with E-state index in [1.165, 1.54) is 56.9 Å². The Hall–Kier alpha value is -2.23. The molecule has 0 aromatic heterocycles. The summed E-state index contributed by atoms with van der Waals surface area (Å²) in [6.45, 7) is 32.0. The summed E-state index contributed by atoms with van der Waals surface area (Å²) in [7, 11) is 0. The van der Waals surface area contributed by atoms with E-state index in [2.05, 4.69) is 40.9 Å². The van der Waals surface area contributed by atoms with Gasteiger partial charge in [0.05, 0.1) is 0 Å². The molecular weight excluding hydrogens is 479 g/mol. The molecule has 0 bridgehead atoms. The summed E-state index contributed by atoms with van der Waals surface area (Å²) < 4.78 is 35.9. The summed E-state index contributed by atoms with van der Waals surface area (Å²) in [5.74, 6) is -3.73. The molecule has 0 radical (unpaired) electrons. The van der Waals surface area contributed by atoms with E-state index in [9.17, 15) is 13.2 Å². The standard InChI is InChI=1S/C8H13N.C7H14.C7H16.C6H3F3.3C2H6/c1-4-6-7(3)8(9)5-2;1-4-5-6-7(2)3;1-3-5-7-6-4-2;7-4-2-1-3-5(8)6(4)9;3*1-2/h4-6H,1,9H2,2-3H3;2,4-6H2,1,3H3;3-7H2,1-2H3;1-3H;3*1-2H3/b7-6-,8-5+;;;;;;. The summed E-state index contributed by atoms with van der Waals surface area (Å²) in [6, 6.07) is 2.82. The van der Waals surface area contributed by atoms with Crippen LogP contribution in [-0.2, 0) is 0 Å². The minimum Gasteiger partial charge on any atom is -0.399 e. The van der Waals surface area contributed by atoms with Gasteiger partial charge in [-0.1, -0.05) is 137 Å². The largest absolute Gasteiger partial charge is 0.399 e. The molecule has 1 rings (SSSR count). The molecule has 1 nitrogen and oxygen atoms in total. The molecule has 1 aromatic rings. The molecule has 0 fully saturated rings. The van der Waals surface area contributed by atoms with Crippen LogP contribution in [0.1, 0.15) is 134 Å². The Kier molecular flexibility index (Phi) is 57.5. The van der Waals surface area contributed by atoms with Crippen LogP contribution < -0.4 is 5.73 Å². The van der Waals surface area contributed by atoms with Crippen LogP contribution in [0.2, 0.25) is 0 Å². The van der Waals surface area contributed by atoms with Crippen LogP contribution in [0.25, 0.3) is 0 Å². The zero-order valence-corrected chi connectivity index (χ0v) is 27.2. The number of benzene rings is 1. The van der Waals surface area contributed by atoms with E-state index >= 15 is 0 Å². The van der Waals surface area contributed by atoms with Gasteiger partial charge < -0.3 is 5.73 Å². The summed E-state index contributed by atoms with van der Waals surface area (Å²) in [4.78, 5) is 0. The van der Waals surface area contributed by atoms with Crippen LogP contribution in [0.4, 0.5) is 13.2 Å². The second kappa shape index (κ2) is 44.7. The van der Waals surface area contributed by atoms with E-state index in [-0.39, 0.29) is 0 Å². The fourth-order valence-electron chi connectivity index (χ4n) is 2.13. The minimum atomic E-state index is -1.42. The Morgan fingerprint density at radius 2 is 1.18 bits per heavy atom. The quantitative estimate of drug-likeness (QED) is 0.142. The van der Waals surface area contributed by atoms with Gasteiger partial charge in [0.25, 0.3) is 0 Å². The molecule has 4 heteroatoms. The van der Waals surface area contributed by atoms with Crippen molar-refractivity contribution in [2.24, 2.45) is 5.73 Å². The van der Waals surface area contributed by atoms with Gasteiger partial charge in [0.15, 0.2) is 17.5 Å². The molecule has 0 spiro atoms. The average molecular weight is 544 g/mol. The van der Waals surface area contributed by atoms with E-state index < -0.39 is 17.5 Å². The van der Waals surface area contributed by atoms with Gasteiger partial charge in [0, 0.05) is 5.70 Å². The van der Waals surface area contributed by atoms with Crippen molar-refractivity contribution in [2.45, 2.75) is 134 Å². The van der Waals surface area contributed by atoms with Crippen LogP contribution in [-0.4, -0.2) is 0 Å². The maximum Gasteiger partial charge on any atom is 0.194 e. The Balaban J connectivity index is -0.0000000845. The molecule has 0 saturated heterocycles. The van der Waals surface area contributed by atoms with Crippen LogP contribution in [0.3, 0.4) is 0 Å². The zero-order chi connectivity index (χ0) is 31.4. The Morgan fingerprint density at radius 1 is 0.789 bits per heavy atom. The lowest BCUT2D eigenvalue weighted by molar-refractivity contribution is 0.447. The van der Waals surface area contributed by atoms with E-state index in [0.717, 1.165) is 29.5 Å². The molecule has 1 aromatic carbocycles. The lowest BCUT2D eigenvalue weighted by atomic mass is 10.2. The molecule has 226 valence electrons. The highest BCUT2D eigenvalue weighted by molar-refractivity contribution is 5.28. The number of allylic oxidation sites excluding steroid dienone is 5. The highest BCUT2D eigenvalue weighted by atomic mass is 19.2. The smallest absolute Gasteiger partial charge is 0.194 e. The third-order valence-electron chi connectivity index (χ3n) is 4.20. The van der Waals surface area contributed by atoms with Gasteiger partial charge in [-0.15, -0.1) is 6.58 Å². The van der Waals surface area contributed by atoms with Gasteiger partial charge in [-0.25, -0.2) is 13.2 Å². The van der Waals surface area contributed by atoms with Crippen molar-refractivity contribution < 1.29 is 13.2 Å². The van der Waals surface area contributed by atoms with Crippen LogP contribution in [0.5, 0.6) is 0 Å². The third-order valence-corrected chi connectivity index (χ3v) is 4.20. The van der Waals surface area contributed by atoms with Gasteiger partial charge in [0.2, 0.25) is 0 Å². The molecule has 0 aliphatic carbocycles. The van der Waals surface area contributed by atoms with Crippen LogP contribution in [0, 0.1) is 17.5 Å². The molecule has 0 saturated carbocycles. The number of unbranched alkanes of at least 4 members (excludes halogenated alkanes) is 5. The highest BCUT2D eigenvalue weighted by Gasteiger charge is 2.04. The summed E-state index contributed by atoms with van der Waals surface area (Å²) in [6.07, 6.45) is 16.3. The fraction of sp³-hybridized carbons (Fsp3) is 0.588. The Morgan fingerprint density at radius 3 is 1.42 bits per heavy atom. The van der Waals surface area contributed by atoms with Crippen molar-refractivity contribution in [3.8, 4) is 0 Å². The summed E-state index contributed by atoms with van der Waals surface area (Å²) >= 11 is 0. The molecule has 38 heavy (non-hydrogen) atoms. The Bertz CT molecular complexity index is 637. The van der Waals surface area contributed by atoms with Gasteiger partial charge in [-0.2, -0.15) is 0 Å². The molecular formula is C34H64F3N. The minimum absolute atomic E-state index is 0.815. The van der Waals surface area contributed by atoms with E-state index in [1.807, 2.05) is 67.5 Å². The van der Waals surface area contributed by atoms with Gasteiger partial charge in [0.1, 0.15) is 0 Å². The van der Waals surface area contributed by atoms with E-state index in [1.54, 1.807) is 6.08 Å². The molecule has 0 unspecified atom stereocenters. The summed E-state index contributed by atoms with van der Waals surface area (Å²) in [5.41, 5.74) is 8.73. The number of hydrogen-bond acceptors (Lipinski definition) is 1. The zero-order valence-electron chi connectivity index (χ0n) is 27.2.